The quantitative estimate of drug-likeness (QED) is 0.0472. The Kier molecular flexibility index (Phi) is 18.1. The molecular weight excluding hydrogens is 1070 g/mol. The van der Waals surface area contributed by atoms with Gasteiger partial charge in [-0.15, -0.1) is 0 Å². The summed E-state index contributed by atoms with van der Waals surface area (Å²) >= 11 is 0. The smallest absolute Gasteiger partial charge is 0.411 e. The van der Waals surface area contributed by atoms with Crippen LogP contribution in [0.2, 0.25) is 0 Å². The zero-order chi connectivity index (χ0) is 59.8. The van der Waals surface area contributed by atoms with Crippen LogP contribution in [0.25, 0.3) is 16.6 Å². The number of rotatable bonds is 22. The summed E-state index contributed by atoms with van der Waals surface area (Å²) in [6.07, 6.45) is 4.83. The van der Waals surface area contributed by atoms with Crippen LogP contribution in [0.3, 0.4) is 0 Å². The second-order valence-corrected chi connectivity index (χ2v) is 24.0. The van der Waals surface area contributed by atoms with Crippen LogP contribution in [0.15, 0.2) is 47.6 Å². The molecule has 2 fully saturated rings. The summed E-state index contributed by atoms with van der Waals surface area (Å²) < 4.78 is 32.0. The fraction of sp³-hybridized carbons (Fsp3) is 0.548. The Morgan fingerprint density at radius 1 is 0.964 bits per heavy atom. The number of imide groups is 1. The topological polar surface area (TPSA) is 251 Å². The third kappa shape index (κ3) is 12.7. The van der Waals surface area contributed by atoms with E-state index in [9.17, 15) is 48.3 Å². The number of benzene rings is 2. The van der Waals surface area contributed by atoms with Crippen LogP contribution in [0, 0.1) is 42.3 Å². The number of Topliss-reactive ketones (excluding diaryl/α,β-unsaturated/α-hetero) is 2. The van der Waals surface area contributed by atoms with Crippen molar-refractivity contribution in [1.29, 1.82) is 0 Å². The minimum Gasteiger partial charge on any atom is -0.444 e. The van der Waals surface area contributed by atoms with Crippen LogP contribution in [-0.4, -0.2) is 148 Å². The fourth-order valence-electron chi connectivity index (χ4n) is 12.5. The Hall–Kier alpha value is -7.23. The molecule has 1 aromatic heterocycles. The summed E-state index contributed by atoms with van der Waals surface area (Å²) in [7, 11) is 3.70. The van der Waals surface area contributed by atoms with Gasteiger partial charge >= 0.3 is 18.0 Å². The number of fused-ring (bicyclic) bond motifs is 4. The van der Waals surface area contributed by atoms with E-state index in [1.165, 1.54) is 15.9 Å². The van der Waals surface area contributed by atoms with Crippen molar-refractivity contribution in [3.05, 3.63) is 92.4 Å². The number of likely N-dealkylation sites (tertiary alicyclic amines) is 1. The highest BCUT2D eigenvalue weighted by Gasteiger charge is 2.51. The summed E-state index contributed by atoms with van der Waals surface area (Å²) in [5.74, 6) is -4.69. The number of likely N-dealkylation sites (N-methyl/N-ethyl adjacent to an activating group) is 1. The summed E-state index contributed by atoms with van der Waals surface area (Å²) in [5, 5.41) is 18.1. The number of aromatic nitrogens is 1. The van der Waals surface area contributed by atoms with Gasteiger partial charge in [0.2, 0.25) is 23.6 Å². The lowest BCUT2D eigenvalue weighted by Crippen LogP contribution is -2.49. The molecule has 1 unspecified atom stereocenters. The zero-order valence-electron chi connectivity index (χ0n) is 48.7. The summed E-state index contributed by atoms with van der Waals surface area (Å²) in [5.41, 5.74) is 3.82. The number of ketones is 2. The third-order valence-corrected chi connectivity index (χ3v) is 17.7. The van der Waals surface area contributed by atoms with Gasteiger partial charge in [0.15, 0.2) is 11.4 Å². The van der Waals surface area contributed by atoms with Gasteiger partial charge in [-0.1, -0.05) is 52.0 Å². The molecule has 2 aliphatic carbocycles. The fourth-order valence-corrected chi connectivity index (χ4v) is 12.5. The van der Waals surface area contributed by atoms with Crippen molar-refractivity contribution in [2.45, 2.75) is 137 Å². The van der Waals surface area contributed by atoms with E-state index < -0.39 is 60.0 Å². The van der Waals surface area contributed by atoms with Crippen molar-refractivity contribution < 1.29 is 66.9 Å². The molecule has 0 spiro atoms. The van der Waals surface area contributed by atoms with Crippen LogP contribution in [-0.2, 0) is 78.6 Å². The molecule has 444 valence electrons. The lowest BCUT2D eigenvalue weighted by molar-refractivity contribution is -0.172. The highest BCUT2D eigenvalue weighted by Crippen LogP contribution is 2.48. The molecule has 2 aromatic carbocycles. The molecule has 9 rings (SSSR count). The normalized spacial score (nSPS) is 22.7. The van der Waals surface area contributed by atoms with Crippen LogP contribution in [0.1, 0.15) is 131 Å². The molecule has 21 heteroatoms. The number of halogens is 1. The zero-order valence-corrected chi connectivity index (χ0v) is 48.7. The van der Waals surface area contributed by atoms with E-state index in [0.717, 1.165) is 34.9 Å². The van der Waals surface area contributed by atoms with Crippen molar-refractivity contribution >= 4 is 69.8 Å². The lowest BCUT2D eigenvalue weighted by Gasteiger charge is -2.36. The number of nitrogens with zero attached hydrogens (tertiary/aromatic N) is 5. The molecule has 4 aliphatic heterocycles. The first kappa shape index (κ1) is 60.4. The van der Waals surface area contributed by atoms with Crippen molar-refractivity contribution in [2.24, 2.45) is 29.6 Å². The van der Waals surface area contributed by atoms with Gasteiger partial charge in [0, 0.05) is 85.8 Å². The maximum absolute atomic E-state index is 15.5. The Morgan fingerprint density at radius 3 is 2.34 bits per heavy atom. The average molecular weight is 1150 g/mol. The van der Waals surface area contributed by atoms with Crippen LogP contribution in [0.5, 0.6) is 0 Å². The monoisotopic (exact) mass is 1150 g/mol. The molecule has 1 saturated heterocycles. The third-order valence-electron chi connectivity index (χ3n) is 17.7. The molecule has 83 heavy (non-hydrogen) atoms. The van der Waals surface area contributed by atoms with Crippen molar-refractivity contribution in [3.63, 3.8) is 0 Å². The lowest BCUT2D eigenvalue weighted by atomic mass is 9.77. The molecule has 5 atom stereocenters. The first-order valence-electron chi connectivity index (χ1n) is 29.0. The molecule has 1 saturated carbocycles. The van der Waals surface area contributed by atoms with Gasteiger partial charge in [0.05, 0.1) is 41.1 Å². The number of aryl methyl sites for hydroxylation is 1. The average Bonchev–Trinajstić information content (AvgIpc) is 1.96. The number of nitrogens with one attached hydrogen (secondary N) is 2. The van der Waals surface area contributed by atoms with E-state index >= 15 is 4.39 Å². The van der Waals surface area contributed by atoms with Crippen molar-refractivity contribution in [3.8, 4) is 0 Å². The number of carbonyl (C=O) groups is 9. The standard InChI is InChI=1S/C62H76FN7O13/c1-9-62(80)45-25-49-56-44(29-69(49)28-43(45)59(77)83-60(62)78)55-47(19-18-41-35(5)46(63)26-48(66-56)54(41)55)65-52(73)31-81-32-68(21-20-67(7)8)61(79)82-30-39-12-10-37(11-13-39)23-50(71)36(6)64-57(75)42(33(2)3)24-51(72)40-16-14-38(15-17-40)27-70-53(74)22-34(4)58(70)76/h10-13,25-26,33-34,36,38,40,42,47,80H,9,14-24,27-32H2,1-8H3,(H,64,75)(H,65,73)/t34?,36-,38?,40?,42-,47-,62-/m0/s1. The van der Waals surface area contributed by atoms with Crippen LogP contribution in [0.4, 0.5) is 9.18 Å². The number of hydrogen-bond donors (Lipinski definition) is 3. The number of esters is 2. The minimum atomic E-state index is -2.04. The molecule has 3 N–H and O–H groups in total. The largest absolute Gasteiger partial charge is 0.444 e. The van der Waals surface area contributed by atoms with Crippen molar-refractivity contribution in [1.82, 2.24) is 35.2 Å². The second-order valence-electron chi connectivity index (χ2n) is 24.0. The molecule has 0 radical (unpaired) electrons. The van der Waals surface area contributed by atoms with E-state index in [-0.39, 0.29) is 123 Å². The van der Waals surface area contributed by atoms with E-state index in [4.69, 9.17) is 19.2 Å². The summed E-state index contributed by atoms with van der Waals surface area (Å²) in [4.78, 5) is 130. The first-order valence-corrected chi connectivity index (χ1v) is 29.0. The number of pyridine rings is 1. The van der Waals surface area contributed by atoms with Gasteiger partial charge in [0.25, 0.3) is 0 Å². The first-order chi connectivity index (χ1) is 39.4. The predicted molar refractivity (Wildman–Crippen MR) is 300 cm³/mol. The number of hydrogen-bond acceptors (Lipinski definition) is 16. The van der Waals surface area contributed by atoms with E-state index in [1.54, 1.807) is 58.0 Å². The number of ether oxygens (including phenoxy) is 3. The highest BCUT2D eigenvalue weighted by molar-refractivity contribution is 6.07. The van der Waals surface area contributed by atoms with Gasteiger partial charge in [-0.2, -0.15) is 0 Å². The van der Waals surface area contributed by atoms with E-state index in [1.807, 2.05) is 37.7 Å². The second kappa shape index (κ2) is 24.9. The molecular formula is C62H76FN7O13. The number of cyclic esters (lactones) is 2. The Labute approximate surface area is 482 Å². The van der Waals surface area contributed by atoms with Crippen molar-refractivity contribution in [2.75, 3.05) is 53.6 Å². The van der Waals surface area contributed by atoms with Crippen LogP contribution >= 0.6 is 0 Å². The number of aliphatic hydroxyl groups is 1. The summed E-state index contributed by atoms with van der Waals surface area (Å²) in [6, 6.07) is 6.99. The molecule has 3 aromatic rings. The van der Waals surface area contributed by atoms with Gasteiger partial charge in [-0.25, -0.2) is 23.8 Å². The number of amides is 5. The summed E-state index contributed by atoms with van der Waals surface area (Å²) in [6.45, 7) is 11.1. The van der Waals surface area contributed by atoms with E-state index in [2.05, 4.69) is 10.6 Å². The molecule has 5 amide bonds. The van der Waals surface area contributed by atoms with Gasteiger partial charge in [-0.05, 0) is 119 Å². The van der Waals surface area contributed by atoms with E-state index in [0.29, 0.717) is 72.4 Å². The van der Waals surface area contributed by atoms with Gasteiger partial charge in [-0.3, -0.25) is 38.6 Å². The van der Waals surface area contributed by atoms with Gasteiger partial charge < -0.3 is 39.8 Å². The Balaban J connectivity index is 0.761. The molecule has 20 nitrogen and oxygen atoms in total. The Morgan fingerprint density at radius 2 is 1.67 bits per heavy atom. The Bertz CT molecular complexity index is 3200. The molecule has 0 bridgehead atoms. The van der Waals surface area contributed by atoms with Gasteiger partial charge in [0.1, 0.15) is 31.5 Å². The predicted octanol–water partition coefficient (Wildman–Crippen LogP) is 5.70. The SMILES string of the molecule is CC[C@@]1(O)C(=O)OC(=O)C2=C1C=C1c3nc4cc(F)c(C)c5c4c(c3CN1C2)[C@@H](NC(=O)COCN(CCN(C)C)C(=O)OCc1ccc(CC(=O)[C@H](C)NC(=O)[C@@H](CC(=O)C2CCC(CN3C(=O)CC(C)C3=O)CC2)C(C)C)cc1)CC5. The number of carbonyl (C=O) groups excluding carboxylic acids is 9. The highest BCUT2D eigenvalue weighted by atomic mass is 19.1. The van der Waals surface area contributed by atoms with Crippen LogP contribution < -0.4 is 10.6 Å². The minimum absolute atomic E-state index is 0.0138. The molecule has 6 aliphatic rings. The maximum Gasteiger partial charge on any atom is 0.411 e. The maximum atomic E-state index is 15.5. The molecule has 5 heterocycles.